The highest BCUT2D eigenvalue weighted by atomic mass is 35.6. The number of allylic oxidation sites excluding steroid dienone is 2. The third-order valence-corrected chi connectivity index (χ3v) is 3.89. The summed E-state index contributed by atoms with van der Waals surface area (Å²) in [5, 5.41) is 0. The highest BCUT2D eigenvalue weighted by molar-refractivity contribution is 7.25. The van der Waals surface area contributed by atoms with Crippen molar-refractivity contribution in [3.8, 4) is 0 Å². The Hall–Kier alpha value is -0.0131. The van der Waals surface area contributed by atoms with E-state index in [1.165, 1.54) is 0 Å². The van der Waals surface area contributed by atoms with E-state index in [9.17, 15) is 0 Å². The SMILES string of the molecule is CCC=C[Si](C)(Cl)C=CCC. The van der Waals surface area contributed by atoms with Crippen molar-refractivity contribution in [1.29, 1.82) is 0 Å². The van der Waals surface area contributed by atoms with Crippen molar-refractivity contribution in [3.05, 3.63) is 23.6 Å². The van der Waals surface area contributed by atoms with Gasteiger partial charge >= 0.3 is 0 Å². The second-order valence-electron chi connectivity index (χ2n) is 2.77. The maximum atomic E-state index is 6.26. The van der Waals surface area contributed by atoms with Gasteiger partial charge in [-0.3, -0.25) is 0 Å². The van der Waals surface area contributed by atoms with E-state index in [1.807, 2.05) is 0 Å². The lowest BCUT2D eigenvalue weighted by molar-refractivity contribution is 1.22. The fourth-order valence-electron chi connectivity index (χ4n) is 0.752. The maximum Gasteiger partial charge on any atom is 0.199 e. The van der Waals surface area contributed by atoms with E-state index in [-0.39, 0.29) is 0 Å². The molecular formula is C9H17ClSi. The number of rotatable bonds is 4. The predicted octanol–water partition coefficient (Wildman–Crippen LogP) is 3.81. The minimum Gasteiger partial charge on any atom is -0.156 e. The molecule has 0 aromatic carbocycles. The largest absolute Gasteiger partial charge is 0.199 e. The van der Waals surface area contributed by atoms with E-state index in [2.05, 4.69) is 43.9 Å². The standard InChI is InChI=1S/C9H17ClSi/c1-4-6-8-11(3,10)9-7-5-2/h6-9H,4-5H2,1-3H3. The smallest absolute Gasteiger partial charge is 0.156 e. The molecule has 0 N–H and O–H groups in total. The second kappa shape index (κ2) is 5.61. The first kappa shape index (κ1) is 11.0. The zero-order valence-electron chi connectivity index (χ0n) is 7.60. The monoisotopic (exact) mass is 188 g/mol. The molecule has 0 spiro atoms. The van der Waals surface area contributed by atoms with E-state index in [1.54, 1.807) is 0 Å². The van der Waals surface area contributed by atoms with Crippen LogP contribution in [0, 0.1) is 0 Å². The van der Waals surface area contributed by atoms with Gasteiger partial charge in [0.25, 0.3) is 0 Å². The van der Waals surface area contributed by atoms with Gasteiger partial charge in [0.05, 0.1) is 0 Å². The number of hydrogen-bond acceptors (Lipinski definition) is 0. The summed E-state index contributed by atoms with van der Waals surface area (Å²) in [5.74, 6) is 0. The minimum atomic E-state index is -1.63. The first-order valence-electron chi connectivity index (χ1n) is 4.16. The van der Waals surface area contributed by atoms with Gasteiger partial charge in [-0.25, -0.2) is 0 Å². The third kappa shape index (κ3) is 6.39. The van der Waals surface area contributed by atoms with Gasteiger partial charge in [0.2, 0.25) is 0 Å². The van der Waals surface area contributed by atoms with Crippen LogP contribution in [0.5, 0.6) is 0 Å². The fraction of sp³-hybridized carbons (Fsp3) is 0.556. The highest BCUT2D eigenvalue weighted by Gasteiger charge is 2.14. The van der Waals surface area contributed by atoms with E-state index in [4.69, 9.17) is 11.1 Å². The Morgan fingerprint density at radius 2 is 1.45 bits per heavy atom. The summed E-state index contributed by atoms with van der Waals surface area (Å²) in [7, 11) is -1.63. The van der Waals surface area contributed by atoms with Crippen molar-refractivity contribution in [2.45, 2.75) is 33.2 Å². The second-order valence-corrected chi connectivity index (χ2v) is 8.18. The van der Waals surface area contributed by atoms with Gasteiger partial charge < -0.3 is 0 Å². The van der Waals surface area contributed by atoms with Gasteiger partial charge in [-0.15, -0.1) is 0 Å². The van der Waals surface area contributed by atoms with Crippen LogP contribution in [0.4, 0.5) is 0 Å². The van der Waals surface area contributed by atoms with Gasteiger partial charge in [-0.05, 0) is 19.4 Å². The van der Waals surface area contributed by atoms with Gasteiger partial charge in [0.15, 0.2) is 7.38 Å². The van der Waals surface area contributed by atoms with E-state index in [0.717, 1.165) is 12.8 Å². The van der Waals surface area contributed by atoms with Gasteiger partial charge in [0.1, 0.15) is 0 Å². The Kier molecular flexibility index (Phi) is 5.61. The minimum absolute atomic E-state index is 1.08. The van der Waals surface area contributed by atoms with Crippen LogP contribution in [0.3, 0.4) is 0 Å². The van der Waals surface area contributed by atoms with Gasteiger partial charge in [-0.2, -0.15) is 11.1 Å². The molecule has 0 saturated heterocycles. The molecule has 0 radical (unpaired) electrons. The summed E-state index contributed by atoms with van der Waals surface area (Å²) in [4.78, 5) is 0. The Balaban J connectivity index is 3.99. The summed E-state index contributed by atoms with van der Waals surface area (Å²) in [6, 6.07) is 0. The van der Waals surface area contributed by atoms with Crippen molar-refractivity contribution in [2.75, 3.05) is 0 Å². The molecule has 0 aliphatic heterocycles. The third-order valence-electron chi connectivity index (χ3n) is 1.36. The van der Waals surface area contributed by atoms with E-state index < -0.39 is 7.38 Å². The molecular weight excluding hydrogens is 172 g/mol. The quantitative estimate of drug-likeness (QED) is 0.465. The van der Waals surface area contributed by atoms with Crippen LogP contribution in [-0.2, 0) is 0 Å². The molecule has 0 aliphatic carbocycles. The molecule has 0 aliphatic rings. The average Bonchev–Trinajstić information content (AvgIpc) is 1.97. The lowest BCUT2D eigenvalue weighted by atomic mass is 10.5. The molecule has 2 heteroatoms. The van der Waals surface area contributed by atoms with Crippen LogP contribution in [0.15, 0.2) is 23.6 Å². The van der Waals surface area contributed by atoms with Crippen LogP contribution in [0.25, 0.3) is 0 Å². The lowest BCUT2D eigenvalue weighted by Crippen LogP contribution is -2.15. The van der Waals surface area contributed by atoms with E-state index >= 15 is 0 Å². The molecule has 0 bridgehead atoms. The molecule has 0 fully saturated rings. The summed E-state index contributed by atoms with van der Waals surface area (Å²) >= 11 is 6.26. The molecule has 0 nitrogen and oxygen atoms in total. The molecule has 0 aromatic heterocycles. The average molecular weight is 189 g/mol. The van der Waals surface area contributed by atoms with Crippen LogP contribution in [-0.4, -0.2) is 7.38 Å². The molecule has 0 rings (SSSR count). The van der Waals surface area contributed by atoms with Crippen LogP contribution >= 0.6 is 11.1 Å². The molecule has 64 valence electrons. The maximum absolute atomic E-state index is 6.26. The van der Waals surface area contributed by atoms with Crippen molar-refractivity contribution in [3.63, 3.8) is 0 Å². The topological polar surface area (TPSA) is 0 Å². The number of hydrogen-bond donors (Lipinski definition) is 0. The predicted molar refractivity (Wildman–Crippen MR) is 56.3 cm³/mol. The van der Waals surface area contributed by atoms with Crippen LogP contribution in [0.2, 0.25) is 6.55 Å². The van der Waals surface area contributed by atoms with Crippen LogP contribution in [0.1, 0.15) is 26.7 Å². The van der Waals surface area contributed by atoms with Gasteiger partial charge in [-0.1, -0.05) is 37.4 Å². The zero-order valence-corrected chi connectivity index (χ0v) is 9.36. The van der Waals surface area contributed by atoms with Crippen molar-refractivity contribution >= 4 is 18.5 Å². The molecule has 11 heavy (non-hydrogen) atoms. The summed E-state index contributed by atoms with van der Waals surface area (Å²) < 4.78 is 0. The Morgan fingerprint density at radius 1 is 1.09 bits per heavy atom. The van der Waals surface area contributed by atoms with E-state index in [0.29, 0.717) is 0 Å². The van der Waals surface area contributed by atoms with Crippen LogP contribution < -0.4 is 0 Å². The Bertz CT molecular complexity index is 132. The Morgan fingerprint density at radius 3 is 1.73 bits per heavy atom. The normalized spacial score (nSPS) is 17.8. The molecule has 0 aromatic rings. The first-order chi connectivity index (χ1) is 5.12. The van der Waals surface area contributed by atoms with Crippen molar-refractivity contribution < 1.29 is 0 Å². The molecule has 0 unspecified atom stereocenters. The Labute approximate surface area is 75.7 Å². The first-order valence-corrected chi connectivity index (χ1v) is 7.83. The fourth-order valence-corrected chi connectivity index (χ4v) is 2.79. The highest BCUT2D eigenvalue weighted by Crippen LogP contribution is 2.12. The van der Waals surface area contributed by atoms with Crippen molar-refractivity contribution in [1.82, 2.24) is 0 Å². The molecule has 0 heterocycles. The molecule has 0 saturated carbocycles. The zero-order chi connectivity index (χ0) is 8.74. The summed E-state index contributed by atoms with van der Waals surface area (Å²) in [5.41, 5.74) is 4.33. The number of halogens is 1. The van der Waals surface area contributed by atoms with Crippen molar-refractivity contribution in [2.24, 2.45) is 0 Å². The molecule has 0 amide bonds. The summed E-state index contributed by atoms with van der Waals surface area (Å²) in [6.45, 7) is 6.38. The summed E-state index contributed by atoms with van der Waals surface area (Å²) in [6.07, 6.45) is 6.46. The van der Waals surface area contributed by atoms with Gasteiger partial charge in [0, 0.05) is 0 Å². The lowest BCUT2D eigenvalue weighted by Gasteiger charge is -2.06. The molecule has 0 atom stereocenters.